The molecule has 1 unspecified atom stereocenters. The van der Waals surface area contributed by atoms with Crippen molar-refractivity contribution >= 4 is 5.91 Å². The van der Waals surface area contributed by atoms with Gasteiger partial charge in [0.25, 0.3) is 0 Å². The summed E-state index contributed by atoms with van der Waals surface area (Å²) in [5, 5.41) is 7.56. The first-order valence-electron chi connectivity index (χ1n) is 9.74. The molecule has 0 saturated heterocycles. The van der Waals surface area contributed by atoms with Crippen molar-refractivity contribution in [3.8, 4) is 0 Å². The predicted molar refractivity (Wildman–Crippen MR) is 105 cm³/mol. The number of hydrogen-bond acceptors (Lipinski definition) is 2. The second-order valence-corrected chi connectivity index (χ2v) is 8.48. The highest BCUT2D eigenvalue weighted by Gasteiger charge is 2.24. The maximum absolute atomic E-state index is 12.4. The van der Waals surface area contributed by atoms with Gasteiger partial charge in [0, 0.05) is 24.7 Å². The molecule has 4 heteroatoms. The van der Waals surface area contributed by atoms with E-state index in [4.69, 9.17) is 0 Å². The van der Waals surface area contributed by atoms with E-state index in [1.54, 1.807) is 0 Å². The molecule has 1 amide bonds. The lowest BCUT2D eigenvalue weighted by molar-refractivity contribution is -0.122. The molecule has 1 aromatic heterocycles. The number of nitrogens with one attached hydrogen (secondary N) is 1. The first kappa shape index (κ1) is 18.7. The van der Waals surface area contributed by atoms with Crippen molar-refractivity contribution in [3.63, 3.8) is 0 Å². The van der Waals surface area contributed by atoms with Gasteiger partial charge in [0.2, 0.25) is 5.91 Å². The van der Waals surface area contributed by atoms with Crippen LogP contribution in [-0.2, 0) is 30.1 Å². The molecule has 1 N–H and O–H groups in total. The van der Waals surface area contributed by atoms with Crippen LogP contribution in [0.4, 0.5) is 0 Å². The van der Waals surface area contributed by atoms with Crippen molar-refractivity contribution in [3.05, 3.63) is 52.8 Å². The van der Waals surface area contributed by atoms with Gasteiger partial charge < -0.3 is 5.32 Å². The van der Waals surface area contributed by atoms with Gasteiger partial charge in [-0.3, -0.25) is 9.48 Å². The molecule has 1 heterocycles. The molecule has 26 heavy (non-hydrogen) atoms. The van der Waals surface area contributed by atoms with Gasteiger partial charge in [-0.25, -0.2) is 0 Å². The fourth-order valence-corrected chi connectivity index (χ4v) is 3.75. The Kier molecular flexibility index (Phi) is 5.49. The van der Waals surface area contributed by atoms with E-state index >= 15 is 0 Å². The summed E-state index contributed by atoms with van der Waals surface area (Å²) >= 11 is 0. The highest BCUT2D eigenvalue weighted by molar-refractivity contribution is 5.76. The van der Waals surface area contributed by atoms with Crippen LogP contribution in [0.2, 0.25) is 0 Å². The Labute approximate surface area is 157 Å². The van der Waals surface area contributed by atoms with Crippen molar-refractivity contribution in [2.75, 3.05) is 0 Å². The molecule has 140 valence electrons. The van der Waals surface area contributed by atoms with Gasteiger partial charge in [-0.05, 0) is 48.6 Å². The fourth-order valence-electron chi connectivity index (χ4n) is 3.75. The molecule has 2 aromatic rings. The highest BCUT2D eigenvalue weighted by atomic mass is 16.1. The number of amides is 1. The van der Waals surface area contributed by atoms with E-state index < -0.39 is 0 Å². The van der Waals surface area contributed by atoms with E-state index in [1.807, 2.05) is 17.9 Å². The molecule has 0 radical (unpaired) electrons. The Balaban J connectivity index is 1.48. The van der Waals surface area contributed by atoms with Crippen LogP contribution < -0.4 is 5.32 Å². The topological polar surface area (TPSA) is 46.9 Å². The first-order chi connectivity index (χ1) is 12.3. The minimum absolute atomic E-state index is 0.131. The zero-order valence-corrected chi connectivity index (χ0v) is 16.5. The second kappa shape index (κ2) is 7.65. The maximum atomic E-state index is 12.4. The molecular formula is C22H31N3O. The SMILES string of the molecule is Cn1ncc2c1CCCC2NC(=O)CCCc1ccc(C(C)(C)C)cc1. The van der Waals surface area contributed by atoms with Gasteiger partial charge >= 0.3 is 0 Å². The minimum atomic E-state index is 0.131. The molecule has 0 fully saturated rings. The molecule has 1 aliphatic rings. The zero-order valence-electron chi connectivity index (χ0n) is 16.5. The Morgan fingerprint density at radius 2 is 2.00 bits per heavy atom. The summed E-state index contributed by atoms with van der Waals surface area (Å²) in [6.07, 6.45) is 7.50. The average Bonchev–Trinajstić information content (AvgIpc) is 2.97. The molecule has 0 spiro atoms. The number of fused-ring (bicyclic) bond motifs is 1. The largest absolute Gasteiger partial charge is 0.349 e. The van der Waals surface area contributed by atoms with E-state index in [9.17, 15) is 4.79 Å². The third-order valence-corrected chi connectivity index (χ3v) is 5.40. The van der Waals surface area contributed by atoms with Crippen LogP contribution in [0.3, 0.4) is 0 Å². The van der Waals surface area contributed by atoms with E-state index in [0.717, 1.165) is 32.1 Å². The third kappa shape index (κ3) is 4.35. The van der Waals surface area contributed by atoms with Crippen LogP contribution in [0.15, 0.2) is 30.5 Å². The van der Waals surface area contributed by atoms with Gasteiger partial charge in [0.05, 0.1) is 12.2 Å². The summed E-state index contributed by atoms with van der Waals surface area (Å²) in [5.41, 5.74) is 5.30. The number of hydrogen-bond donors (Lipinski definition) is 1. The number of nitrogens with zero attached hydrogens (tertiary/aromatic N) is 2. The summed E-state index contributed by atoms with van der Waals surface area (Å²) < 4.78 is 1.94. The standard InChI is InChI=1S/C22H31N3O/c1-22(2,3)17-13-11-16(12-14-17)7-5-10-21(26)24-19-8-6-9-20-18(19)15-23-25(20)4/h11-15,19H,5-10H2,1-4H3,(H,24,26). The Morgan fingerprint density at radius 3 is 2.69 bits per heavy atom. The zero-order chi connectivity index (χ0) is 18.7. The highest BCUT2D eigenvalue weighted by Crippen LogP contribution is 2.29. The lowest BCUT2D eigenvalue weighted by Gasteiger charge is -2.23. The summed E-state index contributed by atoms with van der Waals surface area (Å²) in [5.74, 6) is 0.151. The molecule has 1 atom stereocenters. The number of carbonyl (C=O) groups excluding carboxylic acids is 1. The minimum Gasteiger partial charge on any atom is -0.349 e. The Morgan fingerprint density at radius 1 is 1.27 bits per heavy atom. The molecule has 1 aromatic carbocycles. The molecule has 1 aliphatic carbocycles. The van der Waals surface area contributed by atoms with Crippen molar-refractivity contribution in [1.29, 1.82) is 0 Å². The van der Waals surface area contributed by atoms with Crippen LogP contribution in [0, 0.1) is 0 Å². The Hall–Kier alpha value is -2.10. The van der Waals surface area contributed by atoms with E-state index in [0.29, 0.717) is 6.42 Å². The first-order valence-corrected chi connectivity index (χ1v) is 9.74. The van der Waals surface area contributed by atoms with Gasteiger partial charge in [-0.2, -0.15) is 5.10 Å². The van der Waals surface area contributed by atoms with Crippen molar-refractivity contribution in [1.82, 2.24) is 15.1 Å². The third-order valence-electron chi connectivity index (χ3n) is 5.40. The summed E-state index contributed by atoms with van der Waals surface area (Å²) in [6, 6.07) is 8.94. The van der Waals surface area contributed by atoms with Gasteiger partial charge in [-0.15, -0.1) is 0 Å². The molecule has 0 aliphatic heterocycles. The van der Waals surface area contributed by atoms with Gasteiger partial charge in [0.15, 0.2) is 0 Å². The summed E-state index contributed by atoms with van der Waals surface area (Å²) in [6.45, 7) is 6.68. The van der Waals surface area contributed by atoms with Crippen LogP contribution in [0.1, 0.15) is 74.9 Å². The smallest absolute Gasteiger partial charge is 0.220 e. The quantitative estimate of drug-likeness (QED) is 0.874. The van der Waals surface area contributed by atoms with E-state index in [1.165, 1.54) is 22.4 Å². The van der Waals surface area contributed by atoms with Crippen LogP contribution in [-0.4, -0.2) is 15.7 Å². The van der Waals surface area contributed by atoms with Crippen LogP contribution in [0.5, 0.6) is 0 Å². The van der Waals surface area contributed by atoms with Gasteiger partial charge in [-0.1, -0.05) is 45.0 Å². The second-order valence-electron chi connectivity index (χ2n) is 8.48. The molecule has 0 bridgehead atoms. The molecule has 4 nitrogen and oxygen atoms in total. The lowest BCUT2D eigenvalue weighted by Crippen LogP contribution is -2.30. The van der Waals surface area contributed by atoms with Crippen LogP contribution in [0.25, 0.3) is 0 Å². The van der Waals surface area contributed by atoms with Crippen LogP contribution >= 0.6 is 0 Å². The number of benzene rings is 1. The van der Waals surface area contributed by atoms with Crippen molar-refractivity contribution in [2.45, 2.75) is 70.8 Å². The summed E-state index contributed by atoms with van der Waals surface area (Å²) in [4.78, 5) is 12.4. The number of carbonyl (C=O) groups is 1. The number of rotatable bonds is 5. The normalized spacial score (nSPS) is 17.0. The van der Waals surface area contributed by atoms with Crippen molar-refractivity contribution in [2.24, 2.45) is 7.05 Å². The lowest BCUT2D eigenvalue weighted by atomic mass is 9.86. The van der Waals surface area contributed by atoms with E-state index in [-0.39, 0.29) is 17.4 Å². The fraction of sp³-hybridized carbons (Fsp3) is 0.545. The number of aryl methyl sites for hydroxylation is 2. The maximum Gasteiger partial charge on any atom is 0.220 e. The summed E-state index contributed by atoms with van der Waals surface area (Å²) in [7, 11) is 1.98. The molecule has 0 saturated carbocycles. The molecular weight excluding hydrogens is 322 g/mol. The average molecular weight is 354 g/mol. The predicted octanol–water partition coefficient (Wildman–Crippen LogP) is 4.23. The van der Waals surface area contributed by atoms with Gasteiger partial charge in [0.1, 0.15) is 0 Å². The van der Waals surface area contributed by atoms with Crippen molar-refractivity contribution < 1.29 is 4.79 Å². The Bertz CT molecular complexity index is 753. The monoisotopic (exact) mass is 353 g/mol. The number of aromatic nitrogens is 2. The molecule has 3 rings (SSSR count). The van der Waals surface area contributed by atoms with E-state index in [2.05, 4.69) is 55.5 Å².